The van der Waals surface area contributed by atoms with Crippen molar-refractivity contribution in [3.05, 3.63) is 0 Å². The van der Waals surface area contributed by atoms with E-state index in [9.17, 15) is 4.57 Å². The van der Waals surface area contributed by atoms with E-state index >= 15 is 0 Å². The molecule has 0 aromatic heterocycles. The van der Waals surface area contributed by atoms with Crippen molar-refractivity contribution in [2.24, 2.45) is 5.92 Å². The minimum absolute atomic E-state index is 0.0573. The summed E-state index contributed by atoms with van der Waals surface area (Å²) < 4.78 is 25.5. The highest BCUT2D eigenvalue weighted by molar-refractivity contribution is 7.47. The Bertz CT molecular complexity index is 219. The predicted octanol–water partition coefficient (Wildman–Crippen LogP) is 1.17. The largest absolute Gasteiger partial charge is 0.472 e. The third-order valence-electron chi connectivity index (χ3n) is 2.35. The highest BCUT2D eigenvalue weighted by atomic mass is 31.2. The third-order valence-corrected chi connectivity index (χ3v) is 3.35. The molecule has 1 aliphatic heterocycles. The van der Waals surface area contributed by atoms with E-state index in [4.69, 9.17) is 14.2 Å². The first-order valence-corrected chi connectivity index (χ1v) is 5.64. The fourth-order valence-corrected chi connectivity index (χ4v) is 1.87. The number of hydrogen-bond acceptors (Lipinski definition) is 4. The smallest absolute Gasteiger partial charge is 0.375 e. The van der Waals surface area contributed by atoms with Gasteiger partial charge in [0.2, 0.25) is 0 Å². The van der Waals surface area contributed by atoms with Gasteiger partial charge in [-0.25, -0.2) is 4.57 Å². The zero-order valence-electron chi connectivity index (χ0n) is 7.97. The number of rotatable bonds is 3. The van der Waals surface area contributed by atoms with Crippen LogP contribution in [-0.2, 0) is 18.3 Å². The molecule has 0 aromatic carbocycles. The summed E-state index contributed by atoms with van der Waals surface area (Å²) in [5.41, 5.74) is 0. The molecule has 6 heteroatoms. The summed E-state index contributed by atoms with van der Waals surface area (Å²) in [6.07, 6.45) is -0.298. The lowest BCUT2D eigenvalue weighted by Crippen LogP contribution is -2.21. The Morgan fingerprint density at radius 1 is 1.54 bits per heavy atom. The fourth-order valence-electron chi connectivity index (χ4n) is 1.19. The van der Waals surface area contributed by atoms with Crippen LogP contribution >= 0.6 is 7.82 Å². The molecule has 0 aromatic rings. The third kappa shape index (κ3) is 2.76. The van der Waals surface area contributed by atoms with Crippen LogP contribution in [0, 0.1) is 5.92 Å². The van der Waals surface area contributed by atoms with Crippen LogP contribution in [0.25, 0.3) is 0 Å². The van der Waals surface area contributed by atoms with Crippen molar-refractivity contribution in [1.82, 2.24) is 0 Å². The van der Waals surface area contributed by atoms with Crippen molar-refractivity contribution in [1.29, 1.82) is 0 Å². The van der Waals surface area contributed by atoms with Crippen molar-refractivity contribution in [3.63, 3.8) is 0 Å². The van der Waals surface area contributed by atoms with E-state index in [1.807, 2.05) is 13.8 Å². The van der Waals surface area contributed by atoms with E-state index in [0.29, 0.717) is 6.61 Å². The maximum atomic E-state index is 11.0. The Balaban J connectivity index is 2.51. The van der Waals surface area contributed by atoms with Crippen LogP contribution in [0.15, 0.2) is 0 Å². The normalized spacial score (nSPS) is 38.9. The highest BCUT2D eigenvalue weighted by Crippen LogP contribution is 2.46. The van der Waals surface area contributed by atoms with E-state index in [1.165, 1.54) is 0 Å². The molecule has 5 nitrogen and oxygen atoms in total. The van der Waals surface area contributed by atoms with Gasteiger partial charge in [0.1, 0.15) is 0 Å². The second kappa shape index (κ2) is 4.07. The molecule has 0 aliphatic carbocycles. The minimum atomic E-state index is -3.87. The van der Waals surface area contributed by atoms with Crippen molar-refractivity contribution < 1.29 is 23.2 Å². The van der Waals surface area contributed by atoms with Crippen LogP contribution in [0.4, 0.5) is 0 Å². The average Bonchev–Trinajstić information content (AvgIpc) is 2.36. The van der Waals surface area contributed by atoms with Gasteiger partial charge in [-0.2, -0.15) is 0 Å². The molecular formula is C7H15O5P. The van der Waals surface area contributed by atoms with Crippen LogP contribution < -0.4 is 0 Å². The van der Waals surface area contributed by atoms with Gasteiger partial charge in [-0.3, -0.25) is 9.05 Å². The summed E-state index contributed by atoms with van der Waals surface area (Å²) in [6.45, 7) is 4.16. The molecule has 1 fully saturated rings. The standard InChI is InChI=1S/C7H15O5P/c1-5-6(2)11-4-7(5)12-13(8,9)10-3/h5-7H,4H2,1-3H3,(H,8,9)/t5?,6-,7+/m0/s1. The highest BCUT2D eigenvalue weighted by Gasteiger charge is 2.36. The fraction of sp³-hybridized carbons (Fsp3) is 1.00. The summed E-state index contributed by atoms with van der Waals surface area (Å²) in [5.74, 6) is 0.107. The number of ether oxygens (including phenoxy) is 1. The molecule has 1 saturated heterocycles. The lowest BCUT2D eigenvalue weighted by Gasteiger charge is -2.18. The van der Waals surface area contributed by atoms with Crippen LogP contribution in [0.2, 0.25) is 0 Å². The van der Waals surface area contributed by atoms with Crippen LogP contribution in [0.5, 0.6) is 0 Å². The number of hydrogen-bond donors (Lipinski definition) is 1. The average molecular weight is 210 g/mol. The molecule has 0 amide bonds. The Labute approximate surface area is 77.6 Å². The summed E-state index contributed by atoms with van der Waals surface area (Å²) in [7, 11) is -2.72. The quantitative estimate of drug-likeness (QED) is 0.708. The maximum Gasteiger partial charge on any atom is 0.472 e. The first-order chi connectivity index (χ1) is 5.96. The second-order valence-corrected chi connectivity index (χ2v) is 4.71. The van der Waals surface area contributed by atoms with E-state index < -0.39 is 7.82 Å². The Morgan fingerprint density at radius 2 is 2.15 bits per heavy atom. The molecule has 1 rings (SSSR count). The van der Waals surface area contributed by atoms with Crippen LogP contribution in [-0.4, -0.2) is 30.8 Å². The van der Waals surface area contributed by atoms with E-state index in [-0.39, 0.29) is 18.1 Å². The van der Waals surface area contributed by atoms with Crippen molar-refractivity contribution in [3.8, 4) is 0 Å². The Kier molecular flexibility index (Phi) is 3.49. The molecule has 2 unspecified atom stereocenters. The molecule has 1 N–H and O–H groups in total. The predicted molar refractivity (Wildman–Crippen MR) is 46.3 cm³/mol. The first-order valence-electron chi connectivity index (χ1n) is 4.15. The maximum absolute atomic E-state index is 11.0. The van der Waals surface area contributed by atoms with E-state index in [2.05, 4.69) is 4.52 Å². The molecule has 13 heavy (non-hydrogen) atoms. The van der Waals surface area contributed by atoms with Crippen molar-refractivity contribution in [2.45, 2.75) is 26.1 Å². The topological polar surface area (TPSA) is 65.0 Å². The zero-order valence-corrected chi connectivity index (χ0v) is 8.86. The molecule has 0 radical (unpaired) electrons. The molecule has 78 valence electrons. The Morgan fingerprint density at radius 3 is 2.54 bits per heavy atom. The summed E-state index contributed by atoms with van der Waals surface area (Å²) in [6, 6.07) is 0. The molecule has 0 saturated carbocycles. The summed E-state index contributed by atoms with van der Waals surface area (Å²) >= 11 is 0. The first kappa shape index (κ1) is 11.1. The SMILES string of the molecule is COP(=O)(O)O[C@@H]1CO[C@@H](C)C1C. The van der Waals surface area contributed by atoms with Crippen molar-refractivity contribution in [2.75, 3.05) is 13.7 Å². The zero-order chi connectivity index (χ0) is 10.1. The van der Waals surface area contributed by atoms with Crippen LogP contribution in [0.3, 0.4) is 0 Å². The molecule has 1 heterocycles. The van der Waals surface area contributed by atoms with Crippen molar-refractivity contribution >= 4 is 7.82 Å². The molecule has 0 spiro atoms. The van der Waals surface area contributed by atoms with Gasteiger partial charge in [-0.1, -0.05) is 6.92 Å². The monoisotopic (exact) mass is 210 g/mol. The van der Waals surface area contributed by atoms with E-state index in [1.54, 1.807) is 0 Å². The van der Waals surface area contributed by atoms with Gasteiger partial charge in [0.25, 0.3) is 0 Å². The molecule has 0 bridgehead atoms. The van der Waals surface area contributed by atoms with Crippen LogP contribution in [0.1, 0.15) is 13.8 Å². The number of phosphoric acid groups is 1. The summed E-state index contributed by atoms with van der Waals surface area (Å²) in [5, 5.41) is 0. The lowest BCUT2D eigenvalue weighted by atomic mass is 10.0. The van der Waals surface area contributed by atoms with E-state index in [0.717, 1.165) is 7.11 Å². The van der Waals surface area contributed by atoms with Gasteiger partial charge in [0.15, 0.2) is 0 Å². The Hall–Kier alpha value is 0.0700. The van der Waals surface area contributed by atoms with Gasteiger partial charge in [0, 0.05) is 13.0 Å². The van der Waals surface area contributed by atoms with Gasteiger partial charge >= 0.3 is 7.82 Å². The molecule has 4 atom stereocenters. The molecule has 1 aliphatic rings. The van der Waals surface area contributed by atoms with Gasteiger partial charge in [0.05, 0.1) is 18.8 Å². The lowest BCUT2D eigenvalue weighted by molar-refractivity contribution is 0.0841. The van der Waals surface area contributed by atoms with Gasteiger partial charge in [-0.05, 0) is 6.92 Å². The summed E-state index contributed by atoms with van der Waals surface area (Å²) in [4.78, 5) is 9.04. The van der Waals surface area contributed by atoms with Gasteiger partial charge < -0.3 is 9.63 Å². The number of phosphoric ester groups is 1. The molecular weight excluding hydrogens is 195 g/mol. The second-order valence-electron chi connectivity index (χ2n) is 3.19. The van der Waals surface area contributed by atoms with Gasteiger partial charge in [-0.15, -0.1) is 0 Å². The minimum Gasteiger partial charge on any atom is -0.375 e.